The molecule has 1 atom stereocenters. The number of carbonyl (C=O) groups excluding carboxylic acids is 2. The van der Waals surface area contributed by atoms with E-state index in [1.54, 1.807) is 49.6 Å². The van der Waals surface area contributed by atoms with Gasteiger partial charge in [-0.15, -0.1) is 0 Å². The second-order valence-corrected chi connectivity index (χ2v) is 11.4. The highest BCUT2D eigenvalue weighted by atomic mass is 16.5. The van der Waals surface area contributed by atoms with Gasteiger partial charge < -0.3 is 14.6 Å². The Balaban J connectivity index is 1.87. The number of aryl methyl sites for hydroxylation is 1. The number of benzene rings is 3. The molecule has 0 saturated carbocycles. The van der Waals surface area contributed by atoms with E-state index in [9.17, 15) is 14.7 Å². The van der Waals surface area contributed by atoms with Crippen molar-refractivity contribution in [2.75, 3.05) is 18.6 Å². The average Bonchev–Trinajstić information content (AvgIpc) is 3.17. The average molecular weight is 528 g/mol. The number of methoxy groups -OCH3 is 1. The fraction of sp³-hybridized carbons (Fsp3) is 0.333. The summed E-state index contributed by atoms with van der Waals surface area (Å²) in [5, 5.41) is 11.5. The van der Waals surface area contributed by atoms with Crippen LogP contribution in [0.3, 0.4) is 0 Å². The maximum Gasteiger partial charge on any atom is 0.300 e. The molecule has 1 aliphatic rings. The number of anilines is 1. The predicted octanol–water partition coefficient (Wildman–Crippen LogP) is 6.96. The summed E-state index contributed by atoms with van der Waals surface area (Å²) < 4.78 is 11.3. The van der Waals surface area contributed by atoms with E-state index >= 15 is 0 Å². The summed E-state index contributed by atoms with van der Waals surface area (Å²) in [4.78, 5) is 28.5. The minimum absolute atomic E-state index is 0.0431. The van der Waals surface area contributed by atoms with Gasteiger partial charge >= 0.3 is 0 Å². The number of hydrogen-bond donors (Lipinski definition) is 1. The van der Waals surface area contributed by atoms with E-state index in [1.807, 2.05) is 31.2 Å². The number of carbonyl (C=O) groups is 2. The van der Waals surface area contributed by atoms with Gasteiger partial charge in [0.15, 0.2) is 0 Å². The van der Waals surface area contributed by atoms with Crippen LogP contribution < -0.4 is 14.4 Å². The Morgan fingerprint density at radius 3 is 2.28 bits per heavy atom. The van der Waals surface area contributed by atoms with Crippen LogP contribution in [0.4, 0.5) is 5.69 Å². The number of aliphatic hydroxyl groups excluding tert-OH is 1. The van der Waals surface area contributed by atoms with E-state index in [4.69, 9.17) is 9.47 Å². The van der Waals surface area contributed by atoms with Gasteiger partial charge in [0, 0.05) is 17.3 Å². The van der Waals surface area contributed by atoms with Crippen LogP contribution in [0, 0.1) is 12.8 Å². The SMILES string of the molecule is COc1cccc(N2C(=O)C(=O)/C(=C(/O)c3ccc(OCC(C)C)c(C)c3)C2c2ccc(C(C)(C)C)cc2)c1. The largest absolute Gasteiger partial charge is 0.507 e. The molecule has 0 aromatic heterocycles. The van der Waals surface area contributed by atoms with Gasteiger partial charge in [0.1, 0.15) is 17.3 Å². The summed E-state index contributed by atoms with van der Waals surface area (Å²) in [6.07, 6.45) is 0. The Kier molecular flexibility index (Phi) is 7.86. The fourth-order valence-corrected chi connectivity index (χ4v) is 4.71. The molecule has 1 unspecified atom stereocenters. The van der Waals surface area contributed by atoms with Crippen molar-refractivity contribution < 1.29 is 24.2 Å². The second-order valence-electron chi connectivity index (χ2n) is 11.4. The lowest BCUT2D eigenvalue weighted by atomic mass is 9.85. The number of nitrogens with zero attached hydrogens (tertiary/aromatic N) is 1. The third-order valence-electron chi connectivity index (χ3n) is 6.89. The Morgan fingerprint density at radius 1 is 1.00 bits per heavy atom. The Hall–Kier alpha value is -4.06. The summed E-state index contributed by atoms with van der Waals surface area (Å²) in [7, 11) is 1.55. The van der Waals surface area contributed by atoms with Crippen molar-refractivity contribution in [3.8, 4) is 11.5 Å². The van der Waals surface area contributed by atoms with E-state index in [-0.39, 0.29) is 16.7 Å². The molecule has 6 nitrogen and oxygen atoms in total. The van der Waals surface area contributed by atoms with E-state index in [2.05, 4.69) is 34.6 Å². The van der Waals surface area contributed by atoms with E-state index in [0.29, 0.717) is 35.3 Å². The second kappa shape index (κ2) is 11.0. The van der Waals surface area contributed by atoms with Gasteiger partial charge in [-0.2, -0.15) is 0 Å². The molecule has 39 heavy (non-hydrogen) atoms. The minimum Gasteiger partial charge on any atom is -0.507 e. The van der Waals surface area contributed by atoms with Crippen molar-refractivity contribution in [2.24, 2.45) is 5.92 Å². The maximum absolute atomic E-state index is 13.5. The van der Waals surface area contributed by atoms with Gasteiger partial charge in [-0.1, -0.05) is 65.0 Å². The summed E-state index contributed by atoms with van der Waals surface area (Å²) in [6, 6.07) is 19.4. The standard InChI is InChI=1S/C33H37NO5/c1-20(2)19-39-27-16-13-23(17-21(27)3)30(35)28-29(22-11-14-24(15-12-22)33(4,5)6)34(32(37)31(28)36)25-9-8-10-26(18-25)38-7/h8-18,20,29,35H,19H2,1-7H3/b30-28+. The number of aliphatic hydroxyl groups is 1. The van der Waals surface area contributed by atoms with Crippen LogP contribution in [-0.4, -0.2) is 30.5 Å². The molecule has 0 bridgehead atoms. The highest BCUT2D eigenvalue weighted by Crippen LogP contribution is 2.43. The molecule has 4 rings (SSSR count). The van der Waals surface area contributed by atoms with Gasteiger partial charge in [0.25, 0.3) is 11.7 Å². The highest BCUT2D eigenvalue weighted by molar-refractivity contribution is 6.51. The molecule has 1 amide bonds. The monoisotopic (exact) mass is 527 g/mol. The fourth-order valence-electron chi connectivity index (χ4n) is 4.71. The van der Waals surface area contributed by atoms with Crippen LogP contribution in [0.2, 0.25) is 0 Å². The number of ketones is 1. The molecule has 0 radical (unpaired) electrons. The van der Waals surface area contributed by atoms with Crippen LogP contribution in [-0.2, 0) is 15.0 Å². The van der Waals surface area contributed by atoms with Crippen LogP contribution >= 0.6 is 0 Å². The highest BCUT2D eigenvalue weighted by Gasteiger charge is 2.47. The third kappa shape index (κ3) is 5.70. The van der Waals surface area contributed by atoms with Gasteiger partial charge in [-0.3, -0.25) is 14.5 Å². The van der Waals surface area contributed by atoms with E-state index < -0.39 is 17.7 Å². The number of amides is 1. The number of ether oxygens (including phenoxy) is 2. The smallest absolute Gasteiger partial charge is 0.300 e. The Bertz CT molecular complexity index is 1410. The molecule has 0 spiro atoms. The van der Waals surface area contributed by atoms with Crippen LogP contribution in [0.15, 0.2) is 72.3 Å². The van der Waals surface area contributed by atoms with Gasteiger partial charge in [-0.25, -0.2) is 0 Å². The first kappa shape index (κ1) is 28.0. The van der Waals surface area contributed by atoms with Crippen molar-refractivity contribution in [3.63, 3.8) is 0 Å². The zero-order valence-electron chi connectivity index (χ0n) is 23.7. The summed E-state index contributed by atoms with van der Waals surface area (Å²) in [5.74, 6) is -0.0199. The first-order valence-electron chi connectivity index (χ1n) is 13.2. The van der Waals surface area contributed by atoms with Gasteiger partial charge in [-0.05, 0) is 65.3 Å². The zero-order chi connectivity index (χ0) is 28.5. The third-order valence-corrected chi connectivity index (χ3v) is 6.89. The topological polar surface area (TPSA) is 76.1 Å². The molecular formula is C33H37NO5. The van der Waals surface area contributed by atoms with Crippen LogP contribution in [0.25, 0.3) is 5.76 Å². The molecule has 1 heterocycles. The summed E-state index contributed by atoms with van der Waals surface area (Å²) in [6.45, 7) is 13.0. The molecular weight excluding hydrogens is 490 g/mol. The van der Waals surface area contributed by atoms with E-state index in [0.717, 1.165) is 16.7 Å². The molecule has 0 aliphatic carbocycles. The zero-order valence-corrected chi connectivity index (χ0v) is 23.7. The number of Topliss-reactive ketones (excluding diaryl/α,β-unsaturated/α-hetero) is 1. The van der Waals surface area contributed by atoms with Crippen molar-refractivity contribution in [3.05, 3.63) is 94.6 Å². The van der Waals surface area contributed by atoms with Crippen LogP contribution in [0.5, 0.6) is 11.5 Å². The normalized spacial score (nSPS) is 17.1. The van der Waals surface area contributed by atoms with Crippen molar-refractivity contribution >= 4 is 23.1 Å². The molecule has 1 aliphatic heterocycles. The van der Waals surface area contributed by atoms with Gasteiger partial charge in [0.2, 0.25) is 0 Å². The molecule has 3 aromatic carbocycles. The predicted molar refractivity (Wildman–Crippen MR) is 154 cm³/mol. The Labute approximate surface area is 230 Å². The lowest BCUT2D eigenvalue weighted by molar-refractivity contribution is -0.132. The molecule has 1 fully saturated rings. The first-order valence-corrected chi connectivity index (χ1v) is 13.2. The van der Waals surface area contributed by atoms with Crippen molar-refractivity contribution in [1.29, 1.82) is 0 Å². The molecule has 204 valence electrons. The quantitative estimate of drug-likeness (QED) is 0.204. The number of rotatable bonds is 7. The van der Waals surface area contributed by atoms with E-state index in [1.165, 1.54) is 4.90 Å². The lowest BCUT2D eigenvalue weighted by Gasteiger charge is -2.27. The minimum atomic E-state index is -0.816. The Morgan fingerprint density at radius 2 is 1.69 bits per heavy atom. The molecule has 1 saturated heterocycles. The first-order chi connectivity index (χ1) is 18.4. The number of hydrogen-bond acceptors (Lipinski definition) is 5. The molecule has 6 heteroatoms. The van der Waals surface area contributed by atoms with Crippen LogP contribution in [0.1, 0.15) is 62.9 Å². The summed E-state index contributed by atoms with van der Waals surface area (Å²) in [5.41, 5.74) is 3.61. The molecule has 1 N–H and O–H groups in total. The lowest BCUT2D eigenvalue weighted by Crippen LogP contribution is -2.29. The van der Waals surface area contributed by atoms with Crippen molar-refractivity contribution in [1.82, 2.24) is 0 Å². The van der Waals surface area contributed by atoms with Gasteiger partial charge in [0.05, 0.1) is 25.3 Å². The molecule has 3 aromatic rings. The summed E-state index contributed by atoms with van der Waals surface area (Å²) >= 11 is 0. The van der Waals surface area contributed by atoms with Crippen molar-refractivity contribution in [2.45, 2.75) is 53.0 Å². The maximum atomic E-state index is 13.5.